The van der Waals surface area contributed by atoms with Crippen molar-refractivity contribution in [1.29, 1.82) is 0 Å². The summed E-state index contributed by atoms with van der Waals surface area (Å²) in [6.07, 6.45) is 3.45. The fraction of sp³-hybridized carbons (Fsp3) is 0.263. The minimum Gasteiger partial charge on any atom is -0.497 e. The van der Waals surface area contributed by atoms with E-state index in [1.165, 1.54) is 23.9 Å². The number of benzene rings is 2. The Balaban J connectivity index is 1.74. The van der Waals surface area contributed by atoms with Crippen molar-refractivity contribution in [3.05, 3.63) is 65.0 Å². The number of amides is 1. The summed E-state index contributed by atoms with van der Waals surface area (Å²) >= 11 is 0. The highest BCUT2D eigenvalue weighted by Crippen LogP contribution is 2.18. The largest absolute Gasteiger partial charge is 0.497 e. The van der Waals surface area contributed by atoms with Crippen LogP contribution in [-0.2, 0) is 11.2 Å². The third-order valence-electron chi connectivity index (χ3n) is 3.67. The molecule has 2 aromatic rings. The summed E-state index contributed by atoms with van der Waals surface area (Å²) in [5, 5.41) is 3.87. The zero-order valence-corrected chi connectivity index (χ0v) is 13.9. The Labute approximate surface area is 141 Å². The van der Waals surface area contributed by atoms with E-state index in [1.807, 2.05) is 25.1 Å². The molecule has 24 heavy (non-hydrogen) atoms. The maximum absolute atomic E-state index is 12.8. The first-order valence-electron chi connectivity index (χ1n) is 7.79. The van der Waals surface area contributed by atoms with Crippen molar-refractivity contribution in [1.82, 2.24) is 5.43 Å². The molecular weight excluding hydrogens is 307 g/mol. The highest BCUT2D eigenvalue weighted by atomic mass is 19.1. The Morgan fingerprint density at radius 2 is 2.00 bits per heavy atom. The van der Waals surface area contributed by atoms with Crippen molar-refractivity contribution in [2.75, 3.05) is 7.11 Å². The molecule has 0 aliphatic rings. The Hall–Kier alpha value is -2.69. The van der Waals surface area contributed by atoms with Gasteiger partial charge in [-0.25, -0.2) is 9.82 Å². The number of halogens is 1. The van der Waals surface area contributed by atoms with Gasteiger partial charge in [0, 0.05) is 6.42 Å². The first-order valence-corrected chi connectivity index (χ1v) is 7.79. The lowest BCUT2D eigenvalue weighted by atomic mass is 10.0. The summed E-state index contributed by atoms with van der Waals surface area (Å²) in [5.41, 5.74) is 5.57. The number of ether oxygens (including phenoxy) is 1. The van der Waals surface area contributed by atoms with Crippen molar-refractivity contribution >= 4 is 12.1 Å². The van der Waals surface area contributed by atoms with Gasteiger partial charge in [0.2, 0.25) is 5.91 Å². The normalized spacial score (nSPS) is 10.8. The summed E-state index contributed by atoms with van der Waals surface area (Å²) in [6.45, 7) is 2.03. The number of hydrogen-bond donors (Lipinski definition) is 1. The Kier molecular flexibility index (Phi) is 6.49. The topological polar surface area (TPSA) is 50.7 Å². The molecule has 0 fully saturated rings. The molecule has 0 saturated carbocycles. The Morgan fingerprint density at radius 1 is 1.25 bits per heavy atom. The highest BCUT2D eigenvalue weighted by Gasteiger charge is 2.03. The van der Waals surface area contributed by atoms with Gasteiger partial charge in [-0.15, -0.1) is 0 Å². The molecule has 0 bridgehead atoms. The summed E-state index contributed by atoms with van der Waals surface area (Å²) in [4.78, 5) is 11.8. The molecule has 0 heterocycles. The van der Waals surface area contributed by atoms with Gasteiger partial charge >= 0.3 is 0 Å². The van der Waals surface area contributed by atoms with Gasteiger partial charge in [-0.3, -0.25) is 4.79 Å². The standard InChI is InChI=1S/C19H21FN2O2/c1-14-12-18(24-2)11-8-16(14)4-3-5-19(23)22-21-13-15-6-9-17(20)10-7-15/h6-13H,3-5H2,1-2H3,(H,22,23)/b21-13-. The van der Waals surface area contributed by atoms with Gasteiger partial charge in [-0.2, -0.15) is 5.10 Å². The molecule has 2 aromatic carbocycles. The predicted molar refractivity (Wildman–Crippen MR) is 92.8 cm³/mol. The maximum atomic E-state index is 12.8. The van der Waals surface area contributed by atoms with Crippen LogP contribution in [0.4, 0.5) is 4.39 Å². The van der Waals surface area contributed by atoms with Crippen LogP contribution >= 0.6 is 0 Å². The van der Waals surface area contributed by atoms with Crippen LogP contribution in [0.1, 0.15) is 29.5 Å². The van der Waals surface area contributed by atoms with Crippen LogP contribution in [0.2, 0.25) is 0 Å². The number of hydrogen-bond acceptors (Lipinski definition) is 3. The average molecular weight is 328 g/mol. The van der Waals surface area contributed by atoms with Gasteiger partial charge in [0.15, 0.2) is 0 Å². The van der Waals surface area contributed by atoms with Crippen LogP contribution in [-0.4, -0.2) is 19.2 Å². The van der Waals surface area contributed by atoms with E-state index in [1.54, 1.807) is 19.2 Å². The van der Waals surface area contributed by atoms with Crippen LogP contribution in [0.15, 0.2) is 47.6 Å². The van der Waals surface area contributed by atoms with E-state index in [0.29, 0.717) is 6.42 Å². The number of nitrogens with zero attached hydrogens (tertiary/aromatic N) is 1. The summed E-state index contributed by atoms with van der Waals surface area (Å²) in [5.74, 6) is 0.397. The van der Waals surface area contributed by atoms with E-state index >= 15 is 0 Å². The van der Waals surface area contributed by atoms with Crippen LogP contribution in [0.25, 0.3) is 0 Å². The van der Waals surface area contributed by atoms with Crippen molar-refractivity contribution in [2.24, 2.45) is 5.10 Å². The van der Waals surface area contributed by atoms with E-state index in [9.17, 15) is 9.18 Å². The monoisotopic (exact) mass is 328 g/mol. The molecule has 0 aliphatic heterocycles. The lowest BCUT2D eigenvalue weighted by molar-refractivity contribution is -0.121. The van der Waals surface area contributed by atoms with Gasteiger partial charge in [0.05, 0.1) is 13.3 Å². The van der Waals surface area contributed by atoms with Gasteiger partial charge in [-0.05, 0) is 60.7 Å². The number of aryl methyl sites for hydroxylation is 2. The van der Waals surface area contributed by atoms with Crippen LogP contribution in [0, 0.1) is 12.7 Å². The van der Waals surface area contributed by atoms with Crippen LogP contribution < -0.4 is 10.2 Å². The smallest absolute Gasteiger partial charge is 0.240 e. The number of nitrogens with one attached hydrogen (secondary N) is 1. The molecule has 1 N–H and O–H groups in total. The van der Waals surface area contributed by atoms with Crippen molar-refractivity contribution in [2.45, 2.75) is 26.2 Å². The molecule has 1 amide bonds. The number of methoxy groups -OCH3 is 1. The van der Waals surface area contributed by atoms with Gasteiger partial charge < -0.3 is 4.74 Å². The SMILES string of the molecule is COc1ccc(CCCC(=O)N/N=C\c2ccc(F)cc2)c(C)c1. The number of hydrazone groups is 1. The molecule has 5 heteroatoms. The van der Waals surface area contributed by atoms with Crippen LogP contribution in [0.5, 0.6) is 5.75 Å². The molecule has 2 rings (SSSR count). The molecule has 0 atom stereocenters. The van der Waals surface area contributed by atoms with Crippen molar-refractivity contribution < 1.29 is 13.9 Å². The summed E-state index contributed by atoms with van der Waals surface area (Å²) < 4.78 is 17.9. The molecular formula is C19H21FN2O2. The zero-order valence-electron chi connectivity index (χ0n) is 13.9. The van der Waals surface area contributed by atoms with Crippen molar-refractivity contribution in [3.63, 3.8) is 0 Å². The zero-order chi connectivity index (χ0) is 17.4. The van der Waals surface area contributed by atoms with Crippen molar-refractivity contribution in [3.8, 4) is 5.75 Å². The maximum Gasteiger partial charge on any atom is 0.240 e. The number of carbonyl (C=O) groups is 1. The third kappa shape index (κ3) is 5.50. The van der Waals surface area contributed by atoms with E-state index in [-0.39, 0.29) is 11.7 Å². The number of carbonyl (C=O) groups excluding carboxylic acids is 1. The minimum atomic E-state index is -0.301. The third-order valence-corrected chi connectivity index (χ3v) is 3.67. The molecule has 0 aliphatic carbocycles. The average Bonchev–Trinajstić information content (AvgIpc) is 2.58. The molecule has 4 nitrogen and oxygen atoms in total. The van der Waals surface area contributed by atoms with Gasteiger partial charge in [0.1, 0.15) is 11.6 Å². The fourth-order valence-electron chi connectivity index (χ4n) is 2.30. The second-order valence-corrected chi connectivity index (χ2v) is 5.49. The quantitative estimate of drug-likeness (QED) is 0.623. The van der Waals surface area contributed by atoms with E-state index in [0.717, 1.165) is 29.7 Å². The second-order valence-electron chi connectivity index (χ2n) is 5.49. The fourth-order valence-corrected chi connectivity index (χ4v) is 2.30. The van der Waals surface area contributed by atoms with E-state index in [2.05, 4.69) is 10.5 Å². The van der Waals surface area contributed by atoms with Crippen LogP contribution in [0.3, 0.4) is 0 Å². The van der Waals surface area contributed by atoms with Gasteiger partial charge in [-0.1, -0.05) is 18.2 Å². The minimum absolute atomic E-state index is 0.139. The number of rotatable bonds is 7. The van der Waals surface area contributed by atoms with E-state index < -0.39 is 0 Å². The Bertz CT molecular complexity index is 712. The molecule has 0 saturated heterocycles. The Morgan fingerprint density at radius 3 is 2.67 bits per heavy atom. The van der Waals surface area contributed by atoms with E-state index in [4.69, 9.17) is 4.74 Å². The molecule has 126 valence electrons. The predicted octanol–water partition coefficient (Wildman–Crippen LogP) is 3.62. The molecule has 0 unspecified atom stereocenters. The highest BCUT2D eigenvalue weighted by molar-refractivity contribution is 5.82. The molecule has 0 aromatic heterocycles. The summed E-state index contributed by atoms with van der Waals surface area (Å²) in [7, 11) is 1.64. The lowest BCUT2D eigenvalue weighted by Gasteiger charge is -2.07. The molecule has 0 radical (unpaired) electrons. The molecule has 0 spiro atoms. The summed E-state index contributed by atoms with van der Waals surface area (Å²) in [6, 6.07) is 11.8. The first kappa shape index (κ1) is 17.7. The van der Waals surface area contributed by atoms with Gasteiger partial charge in [0.25, 0.3) is 0 Å². The lowest BCUT2D eigenvalue weighted by Crippen LogP contribution is -2.17. The first-order chi connectivity index (χ1) is 11.6. The second kappa shape index (κ2) is 8.82.